The van der Waals surface area contributed by atoms with E-state index in [4.69, 9.17) is 0 Å². The fraction of sp³-hybridized carbons (Fsp3) is 0.538. The zero-order valence-electron chi connectivity index (χ0n) is 9.56. The molecule has 3 nitrogen and oxygen atoms in total. The second-order valence-electron chi connectivity index (χ2n) is 5.35. The van der Waals surface area contributed by atoms with Gasteiger partial charge in [-0.3, -0.25) is 0 Å². The van der Waals surface area contributed by atoms with Gasteiger partial charge in [0.25, 0.3) is 0 Å². The molecule has 2 heterocycles. The maximum Gasteiger partial charge on any atom is 0.157 e. The Hall–Kier alpha value is -0.900. The Kier molecular flexibility index (Phi) is 2.10. The largest absolute Gasteiger partial charge is 0.212 e. The molecule has 0 N–H and O–H groups in total. The van der Waals surface area contributed by atoms with Crippen LogP contribution in [0.1, 0.15) is 43.0 Å². The summed E-state index contributed by atoms with van der Waals surface area (Å²) in [6.45, 7) is 0. The molecular formula is C13H14BrN3. The number of hydrogen-bond acceptors (Lipinski definition) is 2. The third-order valence-electron chi connectivity index (χ3n) is 3.63. The molecule has 0 saturated heterocycles. The molecule has 0 aromatic carbocycles. The number of aromatic nitrogens is 3. The van der Waals surface area contributed by atoms with Gasteiger partial charge in [0.15, 0.2) is 11.5 Å². The van der Waals surface area contributed by atoms with E-state index in [0.29, 0.717) is 5.92 Å². The molecule has 17 heavy (non-hydrogen) atoms. The van der Waals surface area contributed by atoms with Crippen LogP contribution >= 0.6 is 15.9 Å². The molecule has 0 atom stereocenters. The SMILES string of the molecule is Brc1cc(CC2CC2)cc2nc(C3CC3)nn12. The van der Waals surface area contributed by atoms with E-state index in [1.165, 1.54) is 37.7 Å². The molecule has 2 fully saturated rings. The summed E-state index contributed by atoms with van der Waals surface area (Å²) in [6, 6.07) is 4.39. The average Bonchev–Trinajstić information content (AvgIpc) is 3.18. The summed E-state index contributed by atoms with van der Waals surface area (Å²) < 4.78 is 2.95. The third kappa shape index (κ3) is 1.88. The molecule has 2 aromatic rings. The standard InChI is InChI=1S/C13H14BrN3/c14-11-6-9(5-8-1-2-8)7-12-15-13(10-3-4-10)16-17(11)12/h6-8,10H,1-5H2. The molecule has 0 unspecified atom stereocenters. The van der Waals surface area contributed by atoms with Gasteiger partial charge in [-0.25, -0.2) is 9.50 Å². The van der Waals surface area contributed by atoms with Crippen molar-refractivity contribution in [1.82, 2.24) is 14.6 Å². The first-order chi connectivity index (χ1) is 8.29. The van der Waals surface area contributed by atoms with Crippen LogP contribution in [0.25, 0.3) is 5.65 Å². The van der Waals surface area contributed by atoms with Crippen LogP contribution in [0, 0.1) is 5.92 Å². The highest BCUT2D eigenvalue weighted by molar-refractivity contribution is 9.10. The highest BCUT2D eigenvalue weighted by atomic mass is 79.9. The summed E-state index contributed by atoms with van der Waals surface area (Å²) >= 11 is 3.60. The first kappa shape index (κ1) is 10.1. The maximum absolute atomic E-state index is 4.65. The van der Waals surface area contributed by atoms with Crippen molar-refractivity contribution in [3.05, 3.63) is 28.1 Å². The summed E-state index contributed by atoms with van der Waals surface area (Å²) in [5, 5.41) is 4.57. The molecule has 0 radical (unpaired) electrons. The Morgan fingerprint density at radius 3 is 2.76 bits per heavy atom. The summed E-state index contributed by atoms with van der Waals surface area (Å²) in [5.41, 5.74) is 2.39. The van der Waals surface area contributed by atoms with Gasteiger partial charge in [-0.2, -0.15) is 0 Å². The lowest BCUT2D eigenvalue weighted by molar-refractivity contribution is 0.819. The van der Waals surface area contributed by atoms with Crippen LogP contribution < -0.4 is 0 Å². The van der Waals surface area contributed by atoms with E-state index in [-0.39, 0.29) is 0 Å². The Labute approximate surface area is 108 Å². The number of pyridine rings is 1. The van der Waals surface area contributed by atoms with Gasteiger partial charge in [-0.1, -0.05) is 0 Å². The maximum atomic E-state index is 4.65. The van der Waals surface area contributed by atoms with Crippen molar-refractivity contribution in [3.63, 3.8) is 0 Å². The Balaban J connectivity index is 1.78. The van der Waals surface area contributed by atoms with Crippen LogP contribution in [-0.2, 0) is 6.42 Å². The second-order valence-corrected chi connectivity index (χ2v) is 6.16. The van der Waals surface area contributed by atoms with E-state index in [1.54, 1.807) is 0 Å². The van der Waals surface area contributed by atoms with Gasteiger partial charge >= 0.3 is 0 Å². The number of nitrogens with zero attached hydrogens (tertiary/aromatic N) is 3. The summed E-state index contributed by atoms with van der Waals surface area (Å²) in [5.74, 6) is 2.55. The smallest absolute Gasteiger partial charge is 0.157 e. The number of hydrogen-bond donors (Lipinski definition) is 0. The van der Waals surface area contributed by atoms with Crippen molar-refractivity contribution in [3.8, 4) is 0 Å². The van der Waals surface area contributed by atoms with Crippen LogP contribution in [0.2, 0.25) is 0 Å². The van der Waals surface area contributed by atoms with Crippen molar-refractivity contribution in [2.75, 3.05) is 0 Å². The average molecular weight is 292 g/mol. The van der Waals surface area contributed by atoms with Crippen molar-refractivity contribution in [1.29, 1.82) is 0 Å². The molecule has 2 aromatic heterocycles. The van der Waals surface area contributed by atoms with Crippen LogP contribution in [0.4, 0.5) is 0 Å². The van der Waals surface area contributed by atoms with Gasteiger partial charge in [-0.05, 0) is 71.6 Å². The van der Waals surface area contributed by atoms with Gasteiger partial charge in [0.1, 0.15) is 4.60 Å². The predicted molar refractivity (Wildman–Crippen MR) is 69.1 cm³/mol. The lowest BCUT2D eigenvalue weighted by Crippen LogP contribution is -1.94. The van der Waals surface area contributed by atoms with Crippen LogP contribution in [0.3, 0.4) is 0 Å². The summed E-state index contributed by atoms with van der Waals surface area (Å²) in [4.78, 5) is 4.65. The topological polar surface area (TPSA) is 30.2 Å². The molecule has 2 aliphatic rings. The minimum atomic E-state index is 0.619. The van der Waals surface area contributed by atoms with Crippen LogP contribution in [0.5, 0.6) is 0 Å². The zero-order chi connectivity index (χ0) is 11.4. The van der Waals surface area contributed by atoms with Crippen molar-refractivity contribution < 1.29 is 0 Å². The van der Waals surface area contributed by atoms with E-state index in [9.17, 15) is 0 Å². The van der Waals surface area contributed by atoms with E-state index in [2.05, 4.69) is 38.1 Å². The normalized spacial score (nSPS) is 20.1. The van der Waals surface area contributed by atoms with Crippen molar-refractivity contribution in [2.24, 2.45) is 5.92 Å². The van der Waals surface area contributed by atoms with Gasteiger partial charge in [0.2, 0.25) is 0 Å². The highest BCUT2D eigenvalue weighted by Crippen LogP contribution is 2.38. The molecule has 4 heteroatoms. The van der Waals surface area contributed by atoms with E-state index >= 15 is 0 Å². The van der Waals surface area contributed by atoms with Gasteiger partial charge in [0, 0.05) is 5.92 Å². The first-order valence-electron chi connectivity index (χ1n) is 6.35. The number of rotatable bonds is 3. The zero-order valence-corrected chi connectivity index (χ0v) is 11.2. The molecule has 0 bridgehead atoms. The quantitative estimate of drug-likeness (QED) is 0.812. The van der Waals surface area contributed by atoms with Gasteiger partial charge in [0.05, 0.1) is 0 Å². The Morgan fingerprint density at radius 2 is 2.06 bits per heavy atom. The van der Waals surface area contributed by atoms with Crippen LogP contribution in [-0.4, -0.2) is 14.6 Å². The third-order valence-corrected chi connectivity index (χ3v) is 4.20. The van der Waals surface area contributed by atoms with Crippen molar-refractivity contribution in [2.45, 2.75) is 38.0 Å². The minimum Gasteiger partial charge on any atom is -0.212 e. The summed E-state index contributed by atoms with van der Waals surface area (Å²) in [6.07, 6.45) is 6.49. The fourth-order valence-electron chi connectivity index (χ4n) is 2.30. The van der Waals surface area contributed by atoms with Gasteiger partial charge in [-0.15, -0.1) is 5.10 Å². The van der Waals surface area contributed by atoms with E-state index in [1.807, 2.05) is 4.52 Å². The molecule has 2 saturated carbocycles. The molecule has 88 valence electrons. The van der Waals surface area contributed by atoms with Crippen LogP contribution in [0.15, 0.2) is 16.7 Å². The Bertz CT molecular complexity index is 582. The number of fused-ring (bicyclic) bond motifs is 1. The molecule has 2 aliphatic carbocycles. The molecule has 0 spiro atoms. The fourth-order valence-corrected chi connectivity index (χ4v) is 2.86. The molecule has 0 aliphatic heterocycles. The lowest BCUT2D eigenvalue weighted by Gasteiger charge is -2.02. The van der Waals surface area contributed by atoms with Crippen molar-refractivity contribution >= 4 is 21.6 Å². The van der Waals surface area contributed by atoms with E-state index in [0.717, 1.165) is 22.0 Å². The lowest BCUT2D eigenvalue weighted by atomic mass is 10.1. The summed E-state index contributed by atoms with van der Waals surface area (Å²) in [7, 11) is 0. The second kappa shape index (κ2) is 3.55. The monoisotopic (exact) mass is 291 g/mol. The van der Waals surface area contributed by atoms with Gasteiger partial charge < -0.3 is 0 Å². The minimum absolute atomic E-state index is 0.619. The molecular weight excluding hydrogens is 278 g/mol. The first-order valence-corrected chi connectivity index (χ1v) is 7.14. The molecule has 0 amide bonds. The predicted octanol–water partition coefficient (Wildman–Crippen LogP) is 3.32. The number of halogens is 1. The van der Waals surface area contributed by atoms with E-state index < -0.39 is 0 Å². The highest BCUT2D eigenvalue weighted by Gasteiger charge is 2.28. The Morgan fingerprint density at radius 1 is 1.24 bits per heavy atom. The molecule has 4 rings (SSSR count).